The lowest BCUT2D eigenvalue weighted by Gasteiger charge is -2.16. The van der Waals surface area contributed by atoms with Gasteiger partial charge in [0.05, 0.1) is 19.1 Å². The van der Waals surface area contributed by atoms with Crippen LogP contribution in [0.3, 0.4) is 0 Å². The van der Waals surface area contributed by atoms with Crippen LogP contribution in [0.2, 0.25) is 0 Å². The van der Waals surface area contributed by atoms with E-state index in [9.17, 15) is 4.79 Å². The Kier molecular flexibility index (Phi) is 4.30. The third kappa shape index (κ3) is 2.93. The molecule has 6 nitrogen and oxygen atoms in total. The predicted molar refractivity (Wildman–Crippen MR) is 88.5 cm³/mol. The molecule has 2 aromatic rings. The molecular formula is C16H20N4O2S. The van der Waals surface area contributed by atoms with E-state index in [1.165, 1.54) is 11.8 Å². The molecule has 7 heteroatoms. The first-order chi connectivity index (χ1) is 11.1. The topological polar surface area (TPSA) is 69.0 Å². The number of hydrogen-bond donors (Lipinski definition) is 1. The molecular weight excluding hydrogens is 312 g/mol. The zero-order chi connectivity index (χ0) is 16.4. The second-order valence-corrected chi connectivity index (χ2v) is 6.43. The summed E-state index contributed by atoms with van der Waals surface area (Å²) in [7, 11) is 3.54. The molecule has 1 heterocycles. The van der Waals surface area contributed by atoms with Crippen molar-refractivity contribution in [2.45, 2.75) is 30.0 Å². The van der Waals surface area contributed by atoms with Gasteiger partial charge in [0.25, 0.3) is 0 Å². The zero-order valence-electron chi connectivity index (χ0n) is 13.5. The second kappa shape index (κ2) is 6.23. The summed E-state index contributed by atoms with van der Waals surface area (Å²) in [5.74, 6) is 1.61. The van der Waals surface area contributed by atoms with Crippen molar-refractivity contribution in [2.75, 3.05) is 13.4 Å². The maximum absolute atomic E-state index is 12.6. The minimum absolute atomic E-state index is 0.0522. The van der Waals surface area contributed by atoms with Gasteiger partial charge in [0.1, 0.15) is 5.75 Å². The van der Waals surface area contributed by atoms with E-state index in [1.807, 2.05) is 42.1 Å². The number of thioether (sulfide) groups is 1. The van der Waals surface area contributed by atoms with Gasteiger partial charge < -0.3 is 14.6 Å². The molecule has 1 aromatic carbocycles. The first-order valence-electron chi connectivity index (χ1n) is 7.46. The summed E-state index contributed by atoms with van der Waals surface area (Å²) in [4.78, 5) is 12.6. The van der Waals surface area contributed by atoms with Gasteiger partial charge in [-0.25, -0.2) is 0 Å². The molecule has 0 atom stereocenters. The summed E-state index contributed by atoms with van der Waals surface area (Å²) in [6.45, 7) is 0.390. The molecule has 1 aliphatic carbocycles. The number of nitrogens with one attached hydrogen (secondary N) is 1. The van der Waals surface area contributed by atoms with Gasteiger partial charge in [0.2, 0.25) is 5.91 Å². The van der Waals surface area contributed by atoms with Crippen LogP contribution in [0.4, 0.5) is 0 Å². The first kappa shape index (κ1) is 15.9. The molecule has 0 saturated heterocycles. The number of carbonyl (C=O) groups is 1. The van der Waals surface area contributed by atoms with Crippen molar-refractivity contribution in [1.29, 1.82) is 0 Å². The molecule has 1 fully saturated rings. The summed E-state index contributed by atoms with van der Waals surface area (Å²) in [6, 6.07) is 7.74. The summed E-state index contributed by atoms with van der Waals surface area (Å²) in [5.41, 5.74) is 0.645. The largest absolute Gasteiger partial charge is 0.497 e. The zero-order valence-corrected chi connectivity index (χ0v) is 14.3. The number of ether oxygens (including phenoxy) is 1. The van der Waals surface area contributed by atoms with E-state index in [0.717, 1.165) is 35.1 Å². The molecule has 0 aliphatic heterocycles. The van der Waals surface area contributed by atoms with Gasteiger partial charge in [-0.2, -0.15) is 0 Å². The number of rotatable bonds is 6. The normalized spacial score (nSPS) is 15.3. The fourth-order valence-electron chi connectivity index (χ4n) is 2.69. The van der Waals surface area contributed by atoms with E-state index >= 15 is 0 Å². The lowest BCUT2D eigenvalue weighted by Crippen LogP contribution is -2.35. The quantitative estimate of drug-likeness (QED) is 0.818. The fourth-order valence-corrected chi connectivity index (χ4v) is 3.19. The standard InChI is InChI=1S/C16H20N4O2S/c1-20-13(18-19-15(20)23-3)10-17-14(21)16(8-9-16)11-4-6-12(22-2)7-5-11/h4-7H,8-10H2,1-3H3,(H,17,21). The predicted octanol–water partition coefficient (Wildman–Crippen LogP) is 1.89. The van der Waals surface area contributed by atoms with Crippen LogP contribution >= 0.6 is 11.8 Å². The Labute approximate surface area is 139 Å². The summed E-state index contributed by atoms with van der Waals surface area (Å²) in [5, 5.41) is 12.0. The number of aromatic nitrogens is 3. The molecule has 0 unspecified atom stereocenters. The highest BCUT2D eigenvalue weighted by Crippen LogP contribution is 2.48. The summed E-state index contributed by atoms with van der Waals surface area (Å²) < 4.78 is 7.07. The van der Waals surface area contributed by atoms with Crippen molar-refractivity contribution in [1.82, 2.24) is 20.1 Å². The Hall–Kier alpha value is -2.02. The van der Waals surface area contributed by atoms with Crippen molar-refractivity contribution in [3.8, 4) is 5.75 Å². The van der Waals surface area contributed by atoms with Crippen LogP contribution in [0.5, 0.6) is 5.75 Å². The van der Waals surface area contributed by atoms with Crippen molar-refractivity contribution in [3.05, 3.63) is 35.7 Å². The van der Waals surface area contributed by atoms with Gasteiger partial charge in [-0.3, -0.25) is 4.79 Å². The average Bonchev–Trinajstić information content (AvgIpc) is 3.32. The fraction of sp³-hybridized carbons (Fsp3) is 0.438. The Bertz CT molecular complexity index is 707. The monoisotopic (exact) mass is 332 g/mol. The van der Waals surface area contributed by atoms with Crippen LogP contribution in [-0.4, -0.2) is 34.0 Å². The molecule has 122 valence electrons. The molecule has 1 aromatic heterocycles. The van der Waals surface area contributed by atoms with Crippen LogP contribution < -0.4 is 10.1 Å². The van der Waals surface area contributed by atoms with Gasteiger partial charge >= 0.3 is 0 Å². The van der Waals surface area contributed by atoms with E-state index in [2.05, 4.69) is 15.5 Å². The van der Waals surface area contributed by atoms with Gasteiger partial charge in [-0.1, -0.05) is 23.9 Å². The highest BCUT2D eigenvalue weighted by molar-refractivity contribution is 7.98. The van der Waals surface area contributed by atoms with E-state index in [4.69, 9.17) is 4.74 Å². The number of hydrogen-bond acceptors (Lipinski definition) is 5. The second-order valence-electron chi connectivity index (χ2n) is 5.66. The average molecular weight is 332 g/mol. The number of carbonyl (C=O) groups excluding carboxylic acids is 1. The Balaban J connectivity index is 1.68. The molecule has 1 N–H and O–H groups in total. The lowest BCUT2D eigenvalue weighted by atomic mass is 9.95. The Morgan fingerprint density at radius 3 is 2.57 bits per heavy atom. The molecule has 1 amide bonds. The molecule has 23 heavy (non-hydrogen) atoms. The Morgan fingerprint density at radius 1 is 1.35 bits per heavy atom. The third-order valence-corrected chi connectivity index (χ3v) is 5.06. The van der Waals surface area contributed by atoms with E-state index in [-0.39, 0.29) is 5.91 Å². The molecule has 3 rings (SSSR count). The highest BCUT2D eigenvalue weighted by atomic mass is 32.2. The van der Waals surface area contributed by atoms with Crippen LogP contribution in [0, 0.1) is 0 Å². The molecule has 0 bridgehead atoms. The van der Waals surface area contributed by atoms with Crippen LogP contribution in [0.15, 0.2) is 29.4 Å². The third-order valence-electron chi connectivity index (χ3n) is 4.34. The minimum Gasteiger partial charge on any atom is -0.497 e. The van der Waals surface area contributed by atoms with Gasteiger partial charge in [0, 0.05) is 7.05 Å². The van der Waals surface area contributed by atoms with Gasteiger partial charge in [-0.15, -0.1) is 10.2 Å². The maximum atomic E-state index is 12.6. The molecule has 1 aliphatic rings. The smallest absolute Gasteiger partial charge is 0.231 e. The first-order valence-corrected chi connectivity index (χ1v) is 8.68. The van der Waals surface area contributed by atoms with Crippen LogP contribution in [0.1, 0.15) is 24.2 Å². The van der Waals surface area contributed by atoms with Gasteiger partial charge in [0.15, 0.2) is 11.0 Å². The summed E-state index contributed by atoms with van der Waals surface area (Å²) in [6.07, 6.45) is 3.70. The SMILES string of the molecule is COc1ccc(C2(C(=O)NCc3nnc(SC)n3C)CC2)cc1. The van der Waals surface area contributed by atoms with Gasteiger partial charge in [-0.05, 0) is 36.8 Å². The van der Waals surface area contributed by atoms with Crippen molar-refractivity contribution in [2.24, 2.45) is 7.05 Å². The van der Waals surface area contributed by atoms with Crippen molar-refractivity contribution in [3.63, 3.8) is 0 Å². The van der Waals surface area contributed by atoms with E-state index in [1.54, 1.807) is 7.11 Å². The number of benzene rings is 1. The molecule has 0 spiro atoms. The minimum atomic E-state index is -0.396. The van der Waals surface area contributed by atoms with Crippen LogP contribution in [0.25, 0.3) is 0 Å². The van der Waals surface area contributed by atoms with Crippen molar-refractivity contribution >= 4 is 17.7 Å². The Morgan fingerprint density at radius 2 is 2.04 bits per heavy atom. The van der Waals surface area contributed by atoms with E-state index in [0.29, 0.717) is 6.54 Å². The summed E-state index contributed by atoms with van der Waals surface area (Å²) >= 11 is 1.53. The lowest BCUT2D eigenvalue weighted by molar-refractivity contribution is -0.123. The highest BCUT2D eigenvalue weighted by Gasteiger charge is 2.51. The van der Waals surface area contributed by atoms with Crippen molar-refractivity contribution < 1.29 is 9.53 Å². The number of methoxy groups -OCH3 is 1. The molecule has 0 radical (unpaired) electrons. The van der Waals surface area contributed by atoms with E-state index < -0.39 is 5.41 Å². The maximum Gasteiger partial charge on any atom is 0.231 e. The number of amides is 1. The number of nitrogens with zero attached hydrogens (tertiary/aromatic N) is 3. The molecule has 1 saturated carbocycles. The van der Waals surface area contributed by atoms with Crippen LogP contribution in [-0.2, 0) is 23.8 Å².